The van der Waals surface area contributed by atoms with E-state index in [-0.39, 0.29) is 35.4 Å². The number of carbonyl (C=O) groups is 2. The van der Waals surface area contributed by atoms with Crippen LogP contribution >= 0.6 is 0 Å². The van der Waals surface area contributed by atoms with Gasteiger partial charge in [0, 0.05) is 30.3 Å². The Morgan fingerprint density at radius 2 is 1.60 bits per heavy atom. The lowest BCUT2D eigenvalue weighted by atomic mass is 9.81. The van der Waals surface area contributed by atoms with Crippen LogP contribution in [0.2, 0.25) is 0 Å². The molecule has 1 aromatic heterocycles. The van der Waals surface area contributed by atoms with Crippen LogP contribution in [0.1, 0.15) is 122 Å². The molecule has 0 spiro atoms. The van der Waals surface area contributed by atoms with E-state index < -0.39 is 70.5 Å². The van der Waals surface area contributed by atoms with E-state index in [9.17, 15) is 41.4 Å². The molecule has 2 atom stereocenters. The van der Waals surface area contributed by atoms with Gasteiger partial charge in [-0.05, 0) is 98.2 Å². The molecule has 2 aromatic carbocycles. The number of benzene rings is 2. The van der Waals surface area contributed by atoms with E-state index >= 15 is 4.39 Å². The Morgan fingerprint density at radius 3 is 2.10 bits per heavy atom. The number of carbonyl (C=O) groups excluding carboxylic acids is 1. The summed E-state index contributed by atoms with van der Waals surface area (Å²) in [6.45, 7) is 10.8. The van der Waals surface area contributed by atoms with E-state index in [4.69, 9.17) is 0 Å². The van der Waals surface area contributed by atoms with Gasteiger partial charge < -0.3 is 15.0 Å². The number of hydrogen-bond acceptors (Lipinski definition) is 3. The Labute approximate surface area is 300 Å². The summed E-state index contributed by atoms with van der Waals surface area (Å²) in [5.74, 6) is -7.28. The van der Waals surface area contributed by atoms with Gasteiger partial charge in [-0.25, -0.2) is 13.2 Å². The zero-order valence-corrected chi connectivity index (χ0v) is 30.7. The third-order valence-corrected chi connectivity index (χ3v) is 10.1. The highest BCUT2D eigenvalue weighted by atomic mass is 19.4. The van der Waals surface area contributed by atoms with Crippen molar-refractivity contribution in [1.82, 2.24) is 9.88 Å². The van der Waals surface area contributed by atoms with Crippen LogP contribution < -0.4 is 10.9 Å². The number of rotatable bonds is 14. The number of alkyl halides is 5. The zero-order chi connectivity index (χ0) is 38.9. The molecule has 1 fully saturated rings. The monoisotopic (exact) mass is 734 g/mol. The van der Waals surface area contributed by atoms with Gasteiger partial charge in [-0.2, -0.15) is 13.2 Å². The highest BCUT2D eigenvalue weighted by molar-refractivity contribution is 5.82. The van der Waals surface area contributed by atoms with Gasteiger partial charge in [-0.15, -0.1) is 0 Å². The number of hydrogen-bond donors (Lipinski definition) is 2. The van der Waals surface area contributed by atoms with Gasteiger partial charge in [-0.1, -0.05) is 57.2 Å². The lowest BCUT2D eigenvalue weighted by Crippen LogP contribution is -2.41. The number of nitrogens with zero attached hydrogens (tertiary/aromatic N) is 1. The molecular formula is C40H48F6N2O4. The maximum Gasteiger partial charge on any atom is 0.419 e. The molecule has 0 radical (unpaired) electrons. The molecule has 1 aliphatic carbocycles. The number of aryl methyl sites for hydroxylation is 4. The van der Waals surface area contributed by atoms with Crippen molar-refractivity contribution in [2.45, 2.75) is 124 Å². The molecule has 52 heavy (non-hydrogen) atoms. The standard InChI is InChI=1S/C40H48F6N2O4/c1-21(2)14-32(48-20-27(13-9-12-26-10-8-11-26)29(18-33(48)49)39(7,42)43)38(52)47-31(19-34(50)51)36-25(6)28(17-30(37(36)41)40(44,45)46)35-23(4)15-22(3)16-24(35)5/h15-18,20-21,26,31-32H,8-14,19H2,1-7H3,(H,47,52)(H,50,51)/t31-,32-/m0/s1. The quantitative estimate of drug-likeness (QED) is 0.162. The smallest absolute Gasteiger partial charge is 0.419 e. The number of aromatic nitrogens is 1. The van der Waals surface area contributed by atoms with E-state index in [2.05, 4.69) is 5.32 Å². The third kappa shape index (κ3) is 9.28. The predicted molar refractivity (Wildman–Crippen MR) is 188 cm³/mol. The normalized spacial score (nSPS) is 15.0. The van der Waals surface area contributed by atoms with E-state index in [0.717, 1.165) is 41.9 Å². The van der Waals surface area contributed by atoms with Crippen LogP contribution in [0, 0.1) is 45.3 Å². The predicted octanol–water partition coefficient (Wildman–Crippen LogP) is 10.1. The minimum Gasteiger partial charge on any atom is -0.481 e. The fourth-order valence-electron chi connectivity index (χ4n) is 7.52. The van der Waals surface area contributed by atoms with Crippen molar-refractivity contribution in [3.63, 3.8) is 0 Å². The van der Waals surface area contributed by atoms with E-state index in [1.165, 1.54) is 13.1 Å². The second-order valence-corrected chi connectivity index (χ2v) is 14.9. The van der Waals surface area contributed by atoms with Gasteiger partial charge in [0.2, 0.25) is 5.91 Å². The molecule has 3 aromatic rings. The molecule has 1 heterocycles. The first kappa shape index (κ1) is 40.7. The van der Waals surface area contributed by atoms with Crippen LogP contribution in [-0.4, -0.2) is 21.6 Å². The number of carboxylic acids is 1. The number of pyridine rings is 1. The van der Waals surface area contributed by atoms with Crippen molar-refractivity contribution in [2.24, 2.45) is 11.8 Å². The highest BCUT2D eigenvalue weighted by Crippen LogP contribution is 2.43. The summed E-state index contributed by atoms with van der Waals surface area (Å²) < 4.78 is 90.0. The minimum absolute atomic E-state index is 0.00737. The second-order valence-electron chi connectivity index (χ2n) is 14.9. The summed E-state index contributed by atoms with van der Waals surface area (Å²) in [6.07, 6.45) is -0.0101. The maximum absolute atomic E-state index is 16.2. The van der Waals surface area contributed by atoms with Crippen LogP contribution in [0.15, 0.2) is 35.3 Å². The van der Waals surface area contributed by atoms with Crippen LogP contribution in [0.5, 0.6) is 0 Å². The number of carboxylic acid groups (broad SMARTS) is 1. The lowest BCUT2D eigenvalue weighted by Gasteiger charge is -2.29. The molecule has 4 rings (SSSR count). The summed E-state index contributed by atoms with van der Waals surface area (Å²) in [5.41, 5.74) is -0.895. The highest BCUT2D eigenvalue weighted by Gasteiger charge is 2.40. The Balaban J connectivity index is 1.86. The van der Waals surface area contributed by atoms with Gasteiger partial charge in [-0.3, -0.25) is 14.4 Å². The molecule has 6 nitrogen and oxygen atoms in total. The van der Waals surface area contributed by atoms with Crippen LogP contribution in [-0.2, 0) is 28.1 Å². The summed E-state index contributed by atoms with van der Waals surface area (Å²) in [7, 11) is 0. The zero-order valence-electron chi connectivity index (χ0n) is 30.7. The van der Waals surface area contributed by atoms with Crippen molar-refractivity contribution < 1.29 is 41.0 Å². The van der Waals surface area contributed by atoms with Crippen molar-refractivity contribution in [1.29, 1.82) is 0 Å². The Morgan fingerprint density at radius 1 is 0.981 bits per heavy atom. The SMILES string of the molecule is Cc1cc(C)c(-c2cc(C(F)(F)F)c(F)c([C@H](CC(=O)O)NC(=O)[C@H](CC(C)C)n3cc(CCCC4CCC4)c(C(C)(F)F)cc3=O)c2C)c(C)c1. The Hall–Kier alpha value is -4.09. The first-order valence-corrected chi connectivity index (χ1v) is 17.7. The second kappa shape index (κ2) is 15.9. The van der Waals surface area contributed by atoms with Crippen molar-refractivity contribution in [3.05, 3.63) is 91.1 Å². The summed E-state index contributed by atoms with van der Waals surface area (Å²) in [5, 5.41) is 12.4. The molecule has 0 saturated heterocycles. The van der Waals surface area contributed by atoms with Crippen LogP contribution in [0.25, 0.3) is 11.1 Å². The molecule has 2 N–H and O–H groups in total. The number of amides is 1. The number of aliphatic carboxylic acids is 1. The van der Waals surface area contributed by atoms with E-state index in [1.807, 2.05) is 6.92 Å². The molecule has 1 saturated carbocycles. The largest absolute Gasteiger partial charge is 0.481 e. The summed E-state index contributed by atoms with van der Waals surface area (Å²) in [4.78, 5) is 39.8. The van der Waals surface area contributed by atoms with Crippen molar-refractivity contribution >= 4 is 11.9 Å². The van der Waals surface area contributed by atoms with Gasteiger partial charge in [0.15, 0.2) is 0 Å². The molecule has 12 heteroatoms. The van der Waals surface area contributed by atoms with Gasteiger partial charge >= 0.3 is 12.1 Å². The van der Waals surface area contributed by atoms with E-state index in [1.54, 1.807) is 39.8 Å². The first-order valence-electron chi connectivity index (χ1n) is 17.7. The van der Waals surface area contributed by atoms with Gasteiger partial charge in [0.05, 0.1) is 18.0 Å². The van der Waals surface area contributed by atoms with Crippen LogP contribution in [0.3, 0.4) is 0 Å². The topological polar surface area (TPSA) is 88.4 Å². The fourth-order valence-corrected chi connectivity index (χ4v) is 7.52. The Bertz CT molecular complexity index is 1850. The summed E-state index contributed by atoms with van der Waals surface area (Å²) in [6, 6.07) is 1.89. The molecule has 0 aliphatic heterocycles. The van der Waals surface area contributed by atoms with Gasteiger partial charge in [0.25, 0.3) is 11.5 Å². The number of halogens is 6. The average Bonchev–Trinajstić information content (AvgIpc) is 2.96. The lowest BCUT2D eigenvalue weighted by molar-refractivity contribution is -0.140. The fraction of sp³-hybridized carbons (Fsp3) is 0.525. The maximum atomic E-state index is 16.2. The van der Waals surface area contributed by atoms with Crippen LogP contribution in [0.4, 0.5) is 26.3 Å². The average molecular weight is 735 g/mol. The van der Waals surface area contributed by atoms with Crippen molar-refractivity contribution in [3.8, 4) is 11.1 Å². The third-order valence-electron chi connectivity index (χ3n) is 10.1. The molecule has 284 valence electrons. The molecule has 0 unspecified atom stereocenters. The molecule has 1 aliphatic rings. The molecule has 1 amide bonds. The minimum atomic E-state index is -5.17. The van der Waals surface area contributed by atoms with Gasteiger partial charge in [0.1, 0.15) is 11.9 Å². The van der Waals surface area contributed by atoms with E-state index in [0.29, 0.717) is 42.0 Å². The van der Waals surface area contributed by atoms with Crippen molar-refractivity contribution in [2.75, 3.05) is 0 Å². The number of nitrogens with one attached hydrogen (secondary N) is 1. The molecule has 0 bridgehead atoms. The first-order chi connectivity index (χ1) is 24.1. The summed E-state index contributed by atoms with van der Waals surface area (Å²) >= 11 is 0. The Kier molecular flexibility index (Phi) is 12.4. The molecular weight excluding hydrogens is 686 g/mol.